The monoisotopic (exact) mass is 334 g/mol. The Labute approximate surface area is 143 Å². The van der Waals surface area contributed by atoms with E-state index in [-0.39, 0.29) is 10.8 Å². The highest BCUT2D eigenvalue weighted by Gasteiger charge is 1.95. The number of carbonyl (C=O) groups excluding carboxylic acids is 1. The largest absolute Gasteiger partial charge is 0.304 e. The topological polar surface area (TPSA) is 17.1 Å². The number of carbonyl (C=O) groups is 1. The van der Waals surface area contributed by atoms with Gasteiger partial charge in [0.25, 0.3) is 0 Å². The lowest BCUT2D eigenvalue weighted by Crippen LogP contribution is -1.81. The molecule has 1 aromatic rings. The molecule has 0 aromatic heterocycles. The van der Waals surface area contributed by atoms with Gasteiger partial charge < -0.3 is 4.79 Å². The van der Waals surface area contributed by atoms with E-state index < -0.39 is 0 Å². The molecular formula is C19H36ClFO. The molecule has 0 radical (unpaired) electrons. The van der Waals surface area contributed by atoms with Crippen molar-refractivity contribution in [3.63, 3.8) is 0 Å². The average Bonchev–Trinajstić information content (AvgIpc) is 2.49. The molecule has 0 atom stereocenters. The van der Waals surface area contributed by atoms with Gasteiger partial charge in [0.2, 0.25) is 0 Å². The second kappa shape index (κ2) is 25.1. The lowest BCUT2D eigenvalue weighted by molar-refractivity contribution is -0.106. The third kappa shape index (κ3) is 27.5. The molecule has 0 aliphatic heterocycles. The highest BCUT2D eigenvalue weighted by Crippen LogP contribution is 2.14. The van der Waals surface area contributed by atoms with Gasteiger partial charge in [-0.05, 0) is 37.5 Å². The smallest absolute Gasteiger partial charge is 0.141 e. The van der Waals surface area contributed by atoms with Crippen LogP contribution in [0.5, 0.6) is 0 Å². The first-order chi connectivity index (χ1) is 10.4. The van der Waals surface area contributed by atoms with Gasteiger partial charge in [0.05, 0.1) is 5.02 Å². The van der Waals surface area contributed by atoms with Crippen molar-refractivity contribution < 1.29 is 9.18 Å². The molecule has 132 valence electrons. The fraction of sp³-hybridized carbons (Fsp3) is 0.632. The number of halogens is 2. The number of benzene rings is 1. The quantitative estimate of drug-likeness (QED) is 0.512. The normalized spacial score (nSPS) is 7.82. The summed E-state index contributed by atoms with van der Waals surface area (Å²) in [5, 5.41) is 0.190. The average molecular weight is 335 g/mol. The predicted octanol–water partition coefficient (Wildman–Crippen LogP) is 7.49. The maximum Gasteiger partial charge on any atom is 0.141 e. The Bertz CT molecular complexity index is 325. The molecule has 1 nitrogen and oxygen atoms in total. The van der Waals surface area contributed by atoms with Gasteiger partial charge in [-0.25, -0.2) is 4.39 Å². The van der Waals surface area contributed by atoms with Gasteiger partial charge in [-0.15, -0.1) is 0 Å². The van der Waals surface area contributed by atoms with Crippen LogP contribution in [0.2, 0.25) is 5.02 Å². The van der Waals surface area contributed by atoms with Crippen LogP contribution in [0.1, 0.15) is 73.8 Å². The van der Waals surface area contributed by atoms with E-state index in [1.807, 2.05) is 34.6 Å². The number of aldehydes is 1. The Kier molecular flexibility index (Phi) is 33.3. The fourth-order valence-corrected chi connectivity index (χ4v) is 1.41. The van der Waals surface area contributed by atoms with Gasteiger partial charge >= 0.3 is 0 Å². The summed E-state index contributed by atoms with van der Waals surface area (Å²) in [5.74, 6) is 0.539. The zero-order valence-corrected chi connectivity index (χ0v) is 16.7. The van der Waals surface area contributed by atoms with Gasteiger partial charge in [-0.3, -0.25) is 0 Å². The third-order valence-corrected chi connectivity index (χ3v) is 2.23. The molecule has 0 unspecified atom stereocenters. The second-order valence-electron chi connectivity index (χ2n) is 4.34. The summed E-state index contributed by atoms with van der Waals surface area (Å²) in [6.45, 7) is 18.0. The maximum atomic E-state index is 12.4. The Morgan fingerprint density at radius 2 is 1.59 bits per heavy atom. The summed E-state index contributed by atoms with van der Waals surface area (Å²) in [7, 11) is 0. The molecule has 0 amide bonds. The Balaban J connectivity index is -0.000000109. The zero-order valence-electron chi connectivity index (χ0n) is 16.0. The summed E-state index contributed by atoms with van der Waals surface area (Å²) >= 11 is 5.44. The summed E-state index contributed by atoms with van der Waals surface area (Å²) < 4.78 is 12.4. The van der Waals surface area contributed by atoms with Crippen LogP contribution in [0, 0.1) is 18.7 Å². The molecule has 3 heteroatoms. The van der Waals surface area contributed by atoms with Gasteiger partial charge in [0.1, 0.15) is 12.1 Å². The highest BCUT2D eigenvalue weighted by atomic mass is 35.5. The first kappa shape index (κ1) is 29.2. The van der Waals surface area contributed by atoms with Crippen LogP contribution < -0.4 is 0 Å². The minimum atomic E-state index is -0.359. The Morgan fingerprint density at radius 3 is 1.77 bits per heavy atom. The van der Waals surface area contributed by atoms with Crippen LogP contribution in [0.4, 0.5) is 4.39 Å². The molecule has 0 aliphatic carbocycles. The van der Waals surface area contributed by atoms with Crippen molar-refractivity contribution in [2.45, 2.75) is 75.2 Å². The first-order valence-corrected chi connectivity index (χ1v) is 8.58. The predicted molar refractivity (Wildman–Crippen MR) is 100 cm³/mol. The molecule has 0 saturated heterocycles. The summed E-state index contributed by atoms with van der Waals surface area (Å²) in [6.07, 6.45) is 3.46. The van der Waals surface area contributed by atoms with Crippen molar-refractivity contribution in [3.05, 3.63) is 34.6 Å². The van der Waals surface area contributed by atoms with Crippen molar-refractivity contribution in [2.75, 3.05) is 0 Å². The van der Waals surface area contributed by atoms with Crippen molar-refractivity contribution in [2.24, 2.45) is 5.92 Å². The molecular weight excluding hydrogens is 299 g/mol. The molecule has 1 aromatic carbocycles. The minimum absolute atomic E-state index is 0.190. The van der Waals surface area contributed by atoms with Crippen molar-refractivity contribution >= 4 is 17.9 Å². The van der Waals surface area contributed by atoms with E-state index in [1.165, 1.54) is 25.8 Å². The van der Waals surface area contributed by atoms with Crippen molar-refractivity contribution in [1.82, 2.24) is 0 Å². The molecule has 0 spiro atoms. The Morgan fingerprint density at radius 1 is 1.18 bits per heavy atom. The van der Waals surface area contributed by atoms with Crippen molar-refractivity contribution in [1.29, 1.82) is 0 Å². The Hall–Kier alpha value is -0.890. The summed E-state index contributed by atoms with van der Waals surface area (Å²) in [6, 6.07) is 4.63. The van der Waals surface area contributed by atoms with Gasteiger partial charge in [-0.1, -0.05) is 79.0 Å². The highest BCUT2D eigenvalue weighted by molar-refractivity contribution is 6.30. The van der Waals surface area contributed by atoms with Crippen LogP contribution >= 0.6 is 11.6 Å². The standard InChI is InChI=1S/C7H6ClF.C6H14.C2H4O.2C2H6/c1-5-2-3-7(9)6(8)4-5;1-4-5-6(2)3;1-2-3;2*1-2/h2-4H,1H3;6H,4-5H2,1-3H3;2H,1H3;2*1-2H3. The van der Waals surface area contributed by atoms with Crippen LogP contribution in [0.25, 0.3) is 0 Å². The van der Waals surface area contributed by atoms with E-state index >= 15 is 0 Å². The summed E-state index contributed by atoms with van der Waals surface area (Å²) in [5.41, 5.74) is 0.974. The van der Waals surface area contributed by atoms with E-state index in [2.05, 4.69) is 20.8 Å². The van der Waals surface area contributed by atoms with Gasteiger partial charge in [0.15, 0.2) is 0 Å². The number of hydrogen-bond acceptors (Lipinski definition) is 1. The van der Waals surface area contributed by atoms with Crippen LogP contribution in [0.15, 0.2) is 18.2 Å². The molecule has 0 N–H and O–H groups in total. The SMILES string of the molecule is CC.CC.CC=O.CCCC(C)C.Cc1ccc(F)c(Cl)c1. The van der Waals surface area contributed by atoms with Crippen LogP contribution in [-0.4, -0.2) is 6.29 Å². The zero-order chi connectivity index (χ0) is 18.6. The molecule has 0 bridgehead atoms. The molecule has 1 rings (SSSR count). The maximum absolute atomic E-state index is 12.4. The van der Waals surface area contributed by atoms with Crippen LogP contribution in [-0.2, 0) is 4.79 Å². The number of aryl methyl sites for hydroxylation is 1. The molecule has 0 heterocycles. The lowest BCUT2D eigenvalue weighted by atomic mass is 10.1. The minimum Gasteiger partial charge on any atom is -0.304 e. The molecule has 0 saturated carbocycles. The van der Waals surface area contributed by atoms with E-state index in [9.17, 15) is 4.39 Å². The molecule has 22 heavy (non-hydrogen) atoms. The van der Waals surface area contributed by atoms with Gasteiger partial charge in [0, 0.05) is 0 Å². The van der Waals surface area contributed by atoms with Crippen LogP contribution in [0.3, 0.4) is 0 Å². The first-order valence-electron chi connectivity index (χ1n) is 8.20. The lowest BCUT2D eigenvalue weighted by Gasteiger charge is -1.95. The molecule has 0 aliphatic rings. The number of rotatable bonds is 2. The van der Waals surface area contributed by atoms with E-state index in [4.69, 9.17) is 16.4 Å². The number of hydrogen-bond donors (Lipinski definition) is 0. The third-order valence-electron chi connectivity index (χ3n) is 1.94. The van der Waals surface area contributed by atoms with E-state index in [0.29, 0.717) is 0 Å². The second-order valence-corrected chi connectivity index (χ2v) is 4.74. The fourth-order valence-electron chi connectivity index (χ4n) is 1.18. The van der Waals surface area contributed by atoms with Crippen molar-refractivity contribution in [3.8, 4) is 0 Å². The molecule has 0 fully saturated rings. The van der Waals surface area contributed by atoms with E-state index in [1.54, 1.807) is 12.1 Å². The van der Waals surface area contributed by atoms with Gasteiger partial charge in [-0.2, -0.15) is 0 Å². The summed E-state index contributed by atoms with van der Waals surface area (Å²) in [4.78, 5) is 8.81. The van der Waals surface area contributed by atoms with E-state index in [0.717, 1.165) is 17.8 Å².